The van der Waals surface area contributed by atoms with Crippen LogP contribution in [0.15, 0.2) is 51.5 Å². The fraction of sp³-hybridized carbons (Fsp3) is 0.125. The SMILES string of the molecule is O=C(Cc1noc2ccccc12)NCc1cc(Br)ccc1F. The van der Waals surface area contributed by atoms with Gasteiger partial charge in [-0.15, -0.1) is 0 Å². The molecule has 0 aliphatic rings. The Morgan fingerprint density at radius 3 is 2.95 bits per heavy atom. The summed E-state index contributed by atoms with van der Waals surface area (Å²) in [6.45, 7) is 0.125. The molecule has 0 saturated carbocycles. The number of para-hydroxylation sites is 1. The van der Waals surface area contributed by atoms with Gasteiger partial charge in [-0.3, -0.25) is 4.79 Å². The number of halogens is 2. The van der Waals surface area contributed by atoms with Crippen molar-refractivity contribution in [3.05, 3.63) is 64.0 Å². The second-order valence-electron chi connectivity index (χ2n) is 4.81. The first-order chi connectivity index (χ1) is 10.6. The van der Waals surface area contributed by atoms with Crippen molar-refractivity contribution in [2.45, 2.75) is 13.0 Å². The van der Waals surface area contributed by atoms with E-state index >= 15 is 0 Å². The van der Waals surface area contributed by atoms with Crippen LogP contribution in [0, 0.1) is 5.82 Å². The highest BCUT2D eigenvalue weighted by Crippen LogP contribution is 2.18. The van der Waals surface area contributed by atoms with Crippen LogP contribution in [0.5, 0.6) is 0 Å². The van der Waals surface area contributed by atoms with Gasteiger partial charge in [0.1, 0.15) is 11.5 Å². The maximum Gasteiger partial charge on any atom is 0.226 e. The molecule has 3 rings (SSSR count). The van der Waals surface area contributed by atoms with E-state index in [1.165, 1.54) is 6.07 Å². The molecule has 0 bridgehead atoms. The highest BCUT2D eigenvalue weighted by molar-refractivity contribution is 9.10. The molecule has 0 aliphatic heterocycles. The van der Waals surface area contributed by atoms with Gasteiger partial charge in [0.05, 0.1) is 6.42 Å². The van der Waals surface area contributed by atoms with Crippen molar-refractivity contribution in [2.24, 2.45) is 0 Å². The second kappa shape index (κ2) is 6.27. The first kappa shape index (κ1) is 14.7. The molecule has 22 heavy (non-hydrogen) atoms. The van der Waals surface area contributed by atoms with Crippen LogP contribution in [-0.4, -0.2) is 11.1 Å². The first-order valence-electron chi connectivity index (χ1n) is 6.67. The summed E-state index contributed by atoms with van der Waals surface area (Å²) in [5.41, 5.74) is 1.64. The van der Waals surface area contributed by atoms with Gasteiger partial charge < -0.3 is 9.84 Å². The summed E-state index contributed by atoms with van der Waals surface area (Å²) in [5.74, 6) is -0.589. The third-order valence-corrected chi connectivity index (χ3v) is 3.76. The minimum atomic E-state index is -0.351. The van der Waals surface area contributed by atoms with Gasteiger partial charge in [-0.2, -0.15) is 0 Å². The second-order valence-corrected chi connectivity index (χ2v) is 5.73. The molecule has 1 heterocycles. The predicted octanol–water partition coefficient (Wildman–Crippen LogP) is 3.59. The Morgan fingerprint density at radius 2 is 2.09 bits per heavy atom. The number of amides is 1. The molecule has 1 aromatic heterocycles. The lowest BCUT2D eigenvalue weighted by molar-refractivity contribution is -0.120. The number of hydrogen-bond donors (Lipinski definition) is 1. The molecule has 0 unspecified atom stereocenters. The van der Waals surface area contributed by atoms with Crippen molar-refractivity contribution in [1.82, 2.24) is 10.5 Å². The average Bonchev–Trinajstić information content (AvgIpc) is 2.91. The smallest absolute Gasteiger partial charge is 0.226 e. The van der Waals surface area contributed by atoms with Crippen molar-refractivity contribution in [3.63, 3.8) is 0 Å². The van der Waals surface area contributed by atoms with E-state index in [1.54, 1.807) is 18.2 Å². The fourth-order valence-electron chi connectivity index (χ4n) is 2.15. The monoisotopic (exact) mass is 362 g/mol. The maximum absolute atomic E-state index is 13.6. The molecule has 4 nitrogen and oxygen atoms in total. The van der Waals surface area contributed by atoms with Crippen LogP contribution in [0.3, 0.4) is 0 Å². The van der Waals surface area contributed by atoms with Gasteiger partial charge in [0.25, 0.3) is 0 Å². The summed E-state index contributed by atoms with van der Waals surface area (Å²) in [5, 5.41) is 7.40. The van der Waals surface area contributed by atoms with Crippen molar-refractivity contribution in [1.29, 1.82) is 0 Å². The molecule has 112 valence electrons. The van der Waals surface area contributed by atoms with Crippen molar-refractivity contribution in [3.8, 4) is 0 Å². The molecular formula is C16H12BrFN2O2. The van der Waals surface area contributed by atoms with Crippen LogP contribution in [0.4, 0.5) is 4.39 Å². The van der Waals surface area contributed by atoms with Crippen LogP contribution in [0.1, 0.15) is 11.3 Å². The molecule has 6 heteroatoms. The van der Waals surface area contributed by atoms with E-state index in [1.807, 2.05) is 18.2 Å². The molecule has 3 aromatic rings. The standard InChI is InChI=1S/C16H12BrFN2O2/c17-11-5-6-13(18)10(7-11)9-19-16(21)8-14-12-3-1-2-4-15(12)22-20-14/h1-7H,8-9H2,(H,19,21). The third-order valence-electron chi connectivity index (χ3n) is 3.26. The molecule has 0 spiro atoms. The fourth-order valence-corrected chi connectivity index (χ4v) is 2.56. The third kappa shape index (κ3) is 3.17. The van der Waals surface area contributed by atoms with Crippen LogP contribution < -0.4 is 5.32 Å². The number of rotatable bonds is 4. The van der Waals surface area contributed by atoms with E-state index in [4.69, 9.17) is 4.52 Å². The van der Waals surface area contributed by atoms with Crippen LogP contribution in [-0.2, 0) is 17.8 Å². The minimum Gasteiger partial charge on any atom is -0.356 e. The highest BCUT2D eigenvalue weighted by Gasteiger charge is 2.12. The van der Waals surface area contributed by atoms with Gasteiger partial charge in [-0.25, -0.2) is 4.39 Å². The number of carbonyl (C=O) groups excluding carboxylic acids is 1. The zero-order chi connectivity index (χ0) is 15.5. The lowest BCUT2D eigenvalue weighted by atomic mass is 10.1. The minimum absolute atomic E-state index is 0.0899. The highest BCUT2D eigenvalue weighted by atomic mass is 79.9. The lowest BCUT2D eigenvalue weighted by Gasteiger charge is -2.06. The van der Waals surface area contributed by atoms with Crippen LogP contribution in [0.25, 0.3) is 11.0 Å². The van der Waals surface area contributed by atoms with Crippen molar-refractivity contribution < 1.29 is 13.7 Å². The zero-order valence-electron chi connectivity index (χ0n) is 11.5. The average molecular weight is 363 g/mol. The molecule has 2 aromatic carbocycles. The van der Waals surface area contributed by atoms with Crippen molar-refractivity contribution >= 4 is 32.8 Å². The Hall–Kier alpha value is -2.21. The summed E-state index contributed by atoms with van der Waals surface area (Å²) >= 11 is 3.28. The Bertz CT molecular complexity index is 832. The van der Waals surface area contributed by atoms with Gasteiger partial charge in [-0.05, 0) is 30.3 Å². The number of nitrogens with zero attached hydrogens (tertiary/aromatic N) is 1. The lowest BCUT2D eigenvalue weighted by Crippen LogP contribution is -2.25. The normalized spacial score (nSPS) is 10.8. The number of aromatic nitrogens is 1. The van der Waals surface area contributed by atoms with E-state index < -0.39 is 0 Å². The van der Waals surface area contributed by atoms with E-state index in [2.05, 4.69) is 26.4 Å². The number of hydrogen-bond acceptors (Lipinski definition) is 3. The van der Waals surface area contributed by atoms with Gasteiger partial charge in [0, 0.05) is 22.0 Å². The van der Waals surface area contributed by atoms with Gasteiger partial charge in [-0.1, -0.05) is 33.2 Å². The number of nitrogens with one attached hydrogen (secondary N) is 1. The van der Waals surface area contributed by atoms with E-state index in [0.717, 1.165) is 9.86 Å². The number of carbonyl (C=O) groups is 1. The molecule has 0 saturated heterocycles. The Labute approximate surface area is 134 Å². The number of benzene rings is 2. The molecule has 0 fully saturated rings. The van der Waals surface area contributed by atoms with Gasteiger partial charge in [0.2, 0.25) is 5.91 Å². The quantitative estimate of drug-likeness (QED) is 0.771. The Morgan fingerprint density at radius 1 is 1.27 bits per heavy atom. The molecule has 0 atom stereocenters. The van der Waals surface area contributed by atoms with Crippen LogP contribution in [0.2, 0.25) is 0 Å². The summed E-state index contributed by atoms with van der Waals surface area (Å²) < 4.78 is 19.5. The molecule has 1 N–H and O–H groups in total. The summed E-state index contributed by atoms with van der Waals surface area (Å²) in [6, 6.07) is 12.0. The van der Waals surface area contributed by atoms with E-state index in [0.29, 0.717) is 16.8 Å². The molecular weight excluding hydrogens is 351 g/mol. The predicted molar refractivity (Wildman–Crippen MR) is 83.7 cm³/mol. The van der Waals surface area contributed by atoms with Gasteiger partial charge >= 0.3 is 0 Å². The Balaban J connectivity index is 1.67. The van der Waals surface area contributed by atoms with Crippen LogP contribution >= 0.6 is 15.9 Å². The molecule has 1 amide bonds. The van der Waals surface area contributed by atoms with E-state index in [-0.39, 0.29) is 24.7 Å². The van der Waals surface area contributed by atoms with Crippen molar-refractivity contribution in [2.75, 3.05) is 0 Å². The topological polar surface area (TPSA) is 55.1 Å². The largest absolute Gasteiger partial charge is 0.356 e. The first-order valence-corrected chi connectivity index (χ1v) is 7.46. The van der Waals surface area contributed by atoms with E-state index in [9.17, 15) is 9.18 Å². The maximum atomic E-state index is 13.6. The molecule has 0 aliphatic carbocycles. The Kier molecular flexibility index (Phi) is 4.20. The summed E-state index contributed by atoms with van der Waals surface area (Å²) in [6.07, 6.45) is 0.0899. The van der Waals surface area contributed by atoms with Gasteiger partial charge in [0.15, 0.2) is 5.58 Å². The summed E-state index contributed by atoms with van der Waals surface area (Å²) in [4.78, 5) is 12.0. The number of fused-ring (bicyclic) bond motifs is 1. The zero-order valence-corrected chi connectivity index (χ0v) is 13.1. The molecule has 0 radical (unpaired) electrons. The summed E-state index contributed by atoms with van der Waals surface area (Å²) in [7, 11) is 0.